The van der Waals surface area contributed by atoms with E-state index in [9.17, 15) is 22.8 Å². The zero-order chi connectivity index (χ0) is 22.2. The molecule has 7 nitrogen and oxygen atoms in total. The zero-order valence-corrected chi connectivity index (χ0v) is 16.9. The number of hydrogen-bond acceptors (Lipinski definition) is 6. The molecular weight excluding hydrogens is 433 g/mol. The van der Waals surface area contributed by atoms with E-state index in [-0.39, 0.29) is 23.0 Å². The fourth-order valence-electron chi connectivity index (χ4n) is 3.02. The number of aryl methyl sites for hydroxylation is 1. The highest BCUT2D eigenvalue weighted by Crippen LogP contribution is 2.30. The highest BCUT2D eigenvalue weighted by molar-refractivity contribution is 7.22. The van der Waals surface area contributed by atoms with E-state index in [1.165, 1.54) is 18.2 Å². The van der Waals surface area contributed by atoms with E-state index in [2.05, 4.69) is 15.4 Å². The van der Waals surface area contributed by atoms with Crippen molar-refractivity contribution in [3.63, 3.8) is 0 Å². The summed E-state index contributed by atoms with van der Waals surface area (Å²) < 4.78 is 43.3. The molecule has 0 aliphatic rings. The van der Waals surface area contributed by atoms with Crippen LogP contribution in [0, 0.1) is 6.92 Å². The Kier molecular flexibility index (Phi) is 5.36. The molecule has 1 amide bonds. The van der Waals surface area contributed by atoms with E-state index in [0.29, 0.717) is 21.3 Å². The van der Waals surface area contributed by atoms with Crippen LogP contribution in [0.4, 0.5) is 18.3 Å². The minimum atomic E-state index is -4.44. The van der Waals surface area contributed by atoms with Gasteiger partial charge in [-0.3, -0.25) is 9.59 Å². The van der Waals surface area contributed by atoms with Crippen molar-refractivity contribution in [1.82, 2.24) is 14.8 Å². The van der Waals surface area contributed by atoms with Crippen LogP contribution in [-0.4, -0.2) is 33.5 Å². The van der Waals surface area contributed by atoms with Gasteiger partial charge in [-0.2, -0.15) is 18.3 Å². The van der Waals surface area contributed by atoms with E-state index in [1.807, 2.05) is 0 Å². The van der Waals surface area contributed by atoms with Crippen molar-refractivity contribution in [2.75, 3.05) is 11.9 Å². The number of rotatable bonds is 5. The van der Waals surface area contributed by atoms with E-state index in [1.54, 1.807) is 31.2 Å². The number of carbonyl (C=O) groups is 1. The third-order valence-corrected chi connectivity index (χ3v) is 5.29. The number of thiazole rings is 1. The van der Waals surface area contributed by atoms with E-state index >= 15 is 0 Å². The molecule has 160 valence electrons. The molecule has 4 aromatic rings. The highest BCUT2D eigenvalue weighted by Gasteiger charge is 2.28. The number of hydrogen-bond donors (Lipinski definition) is 1. The molecule has 0 saturated heterocycles. The highest BCUT2D eigenvalue weighted by atomic mass is 32.1. The lowest BCUT2D eigenvalue weighted by Crippen LogP contribution is -2.30. The molecule has 0 aliphatic carbocycles. The van der Waals surface area contributed by atoms with Gasteiger partial charge < -0.3 is 10.1 Å². The summed E-state index contributed by atoms with van der Waals surface area (Å²) in [6.45, 7) is 0.0520. The molecule has 2 heterocycles. The monoisotopic (exact) mass is 448 g/mol. The van der Waals surface area contributed by atoms with Crippen LogP contribution < -0.4 is 15.6 Å². The predicted octanol–water partition coefficient (Wildman–Crippen LogP) is 3.89. The van der Waals surface area contributed by atoms with Crippen molar-refractivity contribution in [3.8, 4) is 5.75 Å². The van der Waals surface area contributed by atoms with Crippen molar-refractivity contribution >= 4 is 43.4 Å². The predicted molar refractivity (Wildman–Crippen MR) is 111 cm³/mol. The Labute approximate surface area is 177 Å². The molecule has 4 rings (SSSR count). The smallest absolute Gasteiger partial charge is 0.422 e. The van der Waals surface area contributed by atoms with E-state index < -0.39 is 18.7 Å². The summed E-state index contributed by atoms with van der Waals surface area (Å²) in [5, 5.41) is 8.23. The maximum Gasteiger partial charge on any atom is 0.422 e. The molecule has 0 spiro atoms. The van der Waals surface area contributed by atoms with Crippen LogP contribution in [0.1, 0.15) is 5.69 Å². The third kappa shape index (κ3) is 4.66. The average molecular weight is 448 g/mol. The van der Waals surface area contributed by atoms with E-state index in [0.717, 1.165) is 21.4 Å². The second kappa shape index (κ2) is 7.99. The Morgan fingerprint density at radius 1 is 1.19 bits per heavy atom. The maximum atomic E-state index is 12.6. The Balaban J connectivity index is 1.50. The number of carbonyl (C=O) groups excluding carboxylic acids is 1. The second-order valence-corrected chi connectivity index (χ2v) is 7.73. The summed E-state index contributed by atoms with van der Waals surface area (Å²) >= 11 is 1.08. The number of amides is 1. The molecule has 0 aliphatic heterocycles. The fourth-order valence-corrected chi connectivity index (χ4v) is 3.93. The molecule has 0 saturated carbocycles. The van der Waals surface area contributed by atoms with Crippen LogP contribution in [0.25, 0.3) is 21.0 Å². The van der Waals surface area contributed by atoms with Crippen LogP contribution in [0.2, 0.25) is 0 Å². The van der Waals surface area contributed by atoms with Crippen molar-refractivity contribution < 1.29 is 22.7 Å². The van der Waals surface area contributed by atoms with Crippen molar-refractivity contribution in [1.29, 1.82) is 0 Å². The Bertz CT molecular complexity index is 1350. The molecule has 31 heavy (non-hydrogen) atoms. The first-order chi connectivity index (χ1) is 14.7. The first-order valence-electron chi connectivity index (χ1n) is 9.06. The van der Waals surface area contributed by atoms with Gasteiger partial charge in [-0.15, -0.1) is 0 Å². The normalized spacial score (nSPS) is 11.7. The summed E-state index contributed by atoms with van der Waals surface area (Å²) in [5.74, 6) is -0.453. The molecule has 1 N–H and O–H groups in total. The van der Waals surface area contributed by atoms with Crippen LogP contribution in [0.3, 0.4) is 0 Å². The number of benzene rings is 2. The largest absolute Gasteiger partial charge is 0.484 e. The number of ether oxygens (including phenoxy) is 1. The van der Waals surface area contributed by atoms with Gasteiger partial charge in [-0.05, 0) is 31.2 Å². The summed E-state index contributed by atoms with van der Waals surface area (Å²) in [7, 11) is 0. The van der Waals surface area contributed by atoms with Gasteiger partial charge in [0.2, 0.25) is 5.91 Å². The minimum Gasteiger partial charge on any atom is -0.484 e. The Hall–Kier alpha value is -3.47. The van der Waals surface area contributed by atoms with Gasteiger partial charge in [-0.25, -0.2) is 9.67 Å². The standard InChI is InChI=1S/C20H15F3N4O3S/c1-11-13-4-2-3-5-14(13)18(29)27(26-11)9-17(28)25-19-24-15-7-6-12(8-16(15)31-19)30-10-20(21,22)23/h2-8H,9-10H2,1H3,(H,24,25,28). The molecule has 0 unspecified atom stereocenters. The SMILES string of the molecule is Cc1nn(CC(=O)Nc2nc3ccc(OCC(F)(F)F)cc3s2)c(=O)c2ccccc12. The lowest BCUT2D eigenvalue weighted by atomic mass is 10.1. The number of nitrogens with zero attached hydrogens (tertiary/aromatic N) is 3. The maximum absolute atomic E-state index is 12.6. The first kappa shape index (κ1) is 20.8. The van der Waals surface area contributed by atoms with E-state index in [4.69, 9.17) is 4.74 Å². The number of anilines is 1. The first-order valence-corrected chi connectivity index (χ1v) is 9.88. The van der Waals surface area contributed by atoms with Crippen molar-refractivity contribution in [3.05, 3.63) is 58.5 Å². The lowest BCUT2D eigenvalue weighted by molar-refractivity contribution is -0.153. The van der Waals surface area contributed by atoms with Gasteiger partial charge in [0.1, 0.15) is 12.3 Å². The van der Waals surface area contributed by atoms with Crippen molar-refractivity contribution in [2.24, 2.45) is 0 Å². The van der Waals surface area contributed by atoms with Gasteiger partial charge >= 0.3 is 6.18 Å². The molecule has 11 heteroatoms. The summed E-state index contributed by atoms with van der Waals surface area (Å²) in [6, 6.07) is 11.3. The van der Waals surface area contributed by atoms with Crippen molar-refractivity contribution in [2.45, 2.75) is 19.6 Å². The second-order valence-electron chi connectivity index (χ2n) is 6.69. The van der Waals surface area contributed by atoms with Crippen LogP contribution in [0.5, 0.6) is 5.75 Å². The molecular formula is C20H15F3N4O3S. The van der Waals surface area contributed by atoms with Gasteiger partial charge in [-0.1, -0.05) is 29.5 Å². The number of nitrogens with one attached hydrogen (secondary N) is 1. The van der Waals surface area contributed by atoms with Gasteiger partial charge in [0.25, 0.3) is 5.56 Å². The number of halogens is 3. The average Bonchev–Trinajstić information content (AvgIpc) is 3.11. The minimum absolute atomic E-state index is 0.0498. The quantitative estimate of drug-likeness (QED) is 0.501. The summed E-state index contributed by atoms with van der Waals surface area (Å²) in [4.78, 5) is 29.3. The number of fused-ring (bicyclic) bond motifs is 2. The molecule has 0 radical (unpaired) electrons. The van der Waals surface area contributed by atoms with Gasteiger partial charge in [0.05, 0.1) is 21.3 Å². The third-order valence-electron chi connectivity index (χ3n) is 4.35. The Morgan fingerprint density at radius 2 is 1.94 bits per heavy atom. The molecule has 0 bridgehead atoms. The van der Waals surface area contributed by atoms with Gasteiger partial charge in [0.15, 0.2) is 11.7 Å². The topological polar surface area (TPSA) is 86.1 Å². The fraction of sp³-hybridized carbons (Fsp3) is 0.200. The molecule has 0 atom stereocenters. The molecule has 0 fully saturated rings. The number of alkyl halides is 3. The Morgan fingerprint density at radius 3 is 2.68 bits per heavy atom. The lowest BCUT2D eigenvalue weighted by Gasteiger charge is -2.08. The summed E-state index contributed by atoms with van der Waals surface area (Å²) in [6.07, 6.45) is -4.44. The zero-order valence-electron chi connectivity index (χ0n) is 16.1. The van der Waals surface area contributed by atoms with Crippen LogP contribution >= 0.6 is 11.3 Å². The van der Waals surface area contributed by atoms with Crippen LogP contribution in [-0.2, 0) is 11.3 Å². The summed E-state index contributed by atoms with van der Waals surface area (Å²) in [5.41, 5.74) is 0.734. The molecule has 2 aromatic carbocycles. The van der Waals surface area contributed by atoms with Gasteiger partial charge in [0, 0.05) is 5.39 Å². The number of aromatic nitrogens is 3. The molecule has 2 aromatic heterocycles. The van der Waals surface area contributed by atoms with Crippen LogP contribution in [0.15, 0.2) is 47.3 Å².